The quantitative estimate of drug-likeness (QED) is 0.800. The monoisotopic (exact) mass is 381 g/mol. The molecule has 0 spiro atoms. The Bertz CT molecular complexity index is 753. The highest BCUT2D eigenvalue weighted by molar-refractivity contribution is 5.92. The van der Waals surface area contributed by atoms with E-state index in [0.717, 1.165) is 45.3 Å². The molecule has 1 aliphatic heterocycles. The normalized spacial score (nSPS) is 21.1. The molecule has 1 aromatic carbocycles. The van der Waals surface area contributed by atoms with Gasteiger partial charge in [0.25, 0.3) is 5.91 Å². The molecule has 1 amide bonds. The van der Waals surface area contributed by atoms with Crippen LogP contribution in [-0.4, -0.2) is 51.5 Å². The first-order valence-corrected chi connectivity index (χ1v) is 10.8. The van der Waals surface area contributed by atoms with Gasteiger partial charge in [-0.1, -0.05) is 48.4 Å². The van der Waals surface area contributed by atoms with Crippen molar-refractivity contribution in [2.45, 2.75) is 63.5 Å². The molecular formula is C22H31N5O. The highest BCUT2D eigenvalue weighted by atomic mass is 16.2. The first-order chi connectivity index (χ1) is 13.8. The number of piperidine rings is 1. The lowest BCUT2D eigenvalue weighted by Gasteiger charge is -2.32. The molecule has 28 heavy (non-hydrogen) atoms. The number of benzene rings is 1. The molecule has 1 N–H and O–H groups in total. The Labute approximate surface area is 167 Å². The van der Waals surface area contributed by atoms with Crippen LogP contribution in [0.25, 0.3) is 0 Å². The number of aryl methyl sites for hydroxylation is 1. The minimum absolute atomic E-state index is 0.0753. The molecule has 2 heterocycles. The van der Waals surface area contributed by atoms with Crippen LogP contribution in [0.2, 0.25) is 0 Å². The third-order valence-corrected chi connectivity index (χ3v) is 6.07. The number of hydrogen-bond acceptors (Lipinski definition) is 4. The number of likely N-dealkylation sites (tertiary alicyclic amines) is 1. The van der Waals surface area contributed by atoms with Crippen LogP contribution in [-0.2, 0) is 6.42 Å². The van der Waals surface area contributed by atoms with E-state index >= 15 is 0 Å². The van der Waals surface area contributed by atoms with Gasteiger partial charge in [0.2, 0.25) is 0 Å². The van der Waals surface area contributed by atoms with Crippen molar-refractivity contribution in [2.24, 2.45) is 0 Å². The molecule has 150 valence electrons. The van der Waals surface area contributed by atoms with Crippen LogP contribution in [0.4, 0.5) is 0 Å². The van der Waals surface area contributed by atoms with Gasteiger partial charge in [0, 0.05) is 12.6 Å². The largest absolute Gasteiger partial charge is 0.348 e. The summed E-state index contributed by atoms with van der Waals surface area (Å²) in [4.78, 5) is 14.9. The number of amides is 1. The molecule has 1 saturated heterocycles. The zero-order chi connectivity index (χ0) is 19.2. The van der Waals surface area contributed by atoms with Crippen LogP contribution in [0.3, 0.4) is 0 Å². The summed E-state index contributed by atoms with van der Waals surface area (Å²) in [5.74, 6) is -0.0753. The fourth-order valence-electron chi connectivity index (χ4n) is 4.49. The second-order valence-corrected chi connectivity index (χ2v) is 8.22. The van der Waals surface area contributed by atoms with Gasteiger partial charge in [0.15, 0.2) is 5.69 Å². The van der Waals surface area contributed by atoms with E-state index in [1.54, 1.807) is 0 Å². The Kier molecular flexibility index (Phi) is 6.37. The van der Waals surface area contributed by atoms with Gasteiger partial charge < -0.3 is 10.2 Å². The molecule has 6 heteroatoms. The lowest BCUT2D eigenvalue weighted by atomic mass is 10.0. The summed E-state index contributed by atoms with van der Waals surface area (Å²) >= 11 is 0. The van der Waals surface area contributed by atoms with Gasteiger partial charge in [-0.3, -0.25) is 4.79 Å². The van der Waals surface area contributed by atoms with Crippen molar-refractivity contribution in [2.75, 3.05) is 19.6 Å². The van der Waals surface area contributed by atoms with E-state index in [0.29, 0.717) is 17.8 Å². The first-order valence-electron chi connectivity index (χ1n) is 10.8. The zero-order valence-electron chi connectivity index (χ0n) is 16.6. The number of carbonyl (C=O) groups is 1. The number of carbonyl (C=O) groups excluding carboxylic acids is 1. The van der Waals surface area contributed by atoms with E-state index in [-0.39, 0.29) is 5.91 Å². The van der Waals surface area contributed by atoms with E-state index in [2.05, 4.69) is 50.9 Å². The zero-order valence-corrected chi connectivity index (χ0v) is 16.6. The van der Waals surface area contributed by atoms with Crippen LogP contribution >= 0.6 is 0 Å². The highest BCUT2D eigenvalue weighted by Crippen LogP contribution is 2.22. The SMILES string of the molecule is O=C(NC1CCCC1)c1cn([C@@H]2CCCN(CCCc3ccccc3)C2)nn1. The maximum absolute atomic E-state index is 12.4. The molecule has 0 radical (unpaired) electrons. The van der Waals surface area contributed by atoms with Crippen LogP contribution in [0, 0.1) is 0 Å². The lowest BCUT2D eigenvalue weighted by Crippen LogP contribution is -2.37. The van der Waals surface area contributed by atoms with E-state index in [1.165, 1.54) is 31.2 Å². The fourth-order valence-corrected chi connectivity index (χ4v) is 4.49. The number of nitrogens with one attached hydrogen (secondary N) is 1. The smallest absolute Gasteiger partial charge is 0.273 e. The Balaban J connectivity index is 1.27. The molecule has 1 saturated carbocycles. The highest BCUT2D eigenvalue weighted by Gasteiger charge is 2.24. The fraction of sp³-hybridized carbons (Fsp3) is 0.591. The summed E-state index contributed by atoms with van der Waals surface area (Å²) in [6.45, 7) is 3.24. The average molecular weight is 382 g/mol. The van der Waals surface area contributed by atoms with Crippen molar-refractivity contribution in [3.63, 3.8) is 0 Å². The molecular weight excluding hydrogens is 350 g/mol. The predicted molar refractivity (Wildman–Crippen MR) is 109 cm³/mol. The molecule has 2 aromatic rings. The van der Waals surface area contributed by atoms with Crippen molar-refractivity contribution in [3.8, 4) is 0 Å². The van der Waals surface area contributed by atoms with Crippen molar-refractivity contribution >= 4 is 5.91 Å². The van der Waals surface area contributed by atoms with Gasteiger partial charge in [-0.15, -0.1) is 5.10 Å². The first kappa shape index (κ1) is 19.1. The molecule has 6 nitrogen and oxygen atoms in total. The summed E-state index contributed by atoms with van der Waals surface area (Å²) in [7, 11) is 0. The predicted octanol–water partition coefficient (Wildman–Crippen LogP) is 3.22. The average Bonchev–Trinajstić information content (AvgIpc) is 3.41. The van der Waals surface area contributed by atoms with Gasteiger partial charge >= 0.3 is 0 Å². The van der Waals surface area contributed by atoms with Crippen LogP contribution < -0.4 is 5.32 Å². The van der Waals surface area contributed by atoms with E-state index in [4.69, 9.17) is 0 Å². The van der Waals surface area contributed by atoms with Gasteiger partial charge in [0.1, 0.15) is 0 Å². The molecule has 0 bridgehead atoms. The van der Waals surface area contributed by atoms with E-state index in [9.17, 15) is 4.79 Å². The Morgan fingerprint density at radius 2 is 1.93 bits per heavy atom. The molecule has 1 aliphatic carbocycles. The minimum atomic E-state index is -0.0753. The summed E-state index contributed by atoms with van der Waals surface area (Å²) in [5, 5.41) is 11.5. The molecule has 2 aliphatic rings. The van der Waals surface area contributed by atoms with Gasteiger partial charge in [-0.05, 0) is 57.2 Å². The topological polar surface area (TPSA) is 63.1 Å². The van der Waals surface area contributed by atoms with Crippen molar-refractivity contribution < 1.29 is 4.79 Å². The minimum Gasteiger partial charge on any atom is -0.348 e. The number of hydrogen-bond donors (Lipinski definition) is 1. The molecule has 4 rings (SSSR count). The van der Waals surface area contributed by atoms with Gasteiger partial charge in [-0.25, -0.2) is 4.68 Å². The second kappa shape index (κ2) is 9.32. The van der Waals surface area contributed by atoms with Crippen LogP contribution in [0.5, 0.6) is 0 Å². The third-order valence-electron chi connectivity index (χ3n) is 6.07. The molecule has 1 aromatic heterocycles. The van der Waals surface area contributed by atoms with E-state index < -0.39 is 0 Å². The summed E-state index contributed by atoms with van der Waals surface area (Å²) in [5.41, 5.74) is 1.86. The lowest BCUT2D eigenvalue weighted by molar-refractivity contribution is 0.0932. The van der Waals surface area contributed by atoms with Gasteiger partial charge in [-0.2, -0.15) is 0 Å². The van der Waals surface area contributed by atoms with Crippen LogP contribution in [0.1, 0.15) is 67.0 Å². The summed E-state index contributed by atoms with van der Waals surface area (Å²) < 4.78 is 1.91. The van der Waals surface area contributed by atoms with Crippen molar-refractivity contribution in [3.05, 3.63) is 47.8 Å². The Morgan fingerprint density at radius 1 is 1.11 bits per heavy atom. The van der Waals surface area contributed by atoms with E-state index in [1.807, 2.05) is 10.9 Å². The second-order valence-electron chi connectivity index (χ2n) is 8.22. The third kappa shape index (κ3) is 4.98. The maximum atomic E-state index is 12.4. The van der Waals surface area contributed by atoms with Gasteiger partial charge in [0.05, 0.1) is 12.2 Å². The molecule has 0 unspecified atom stereocenters. The molecule has 1 atom stereocenters. The Hall–Kier alpha value is -2.21. The maximum Gasteiger partial charge on any atom is 0.273 e. The Morgan fingerprint density at radius 3 is 2.75 bits per heavy atom. The van der Waals surface area contributed by atoms with Crippen molar-refractivity contribution in [1.82, 2.24) is 25.2 Å². The van der Waals surface area contributed by atoms with Crippen molar-refractivity contribution in [1.29, 1.82) is 0 Å². The summed E-state index contributed by atoms with van der Waals surface area (Å²) in [6, 6.07) is 11.3. The molecule has 2 fully saturated rings. The number of rotatable bonds is 7. The number of aromatic nitrogens is 3. The van der Waals surface area contributed by atoms with Crippen LogP contribution in [0.15, 0.2) is 36.5 Å². The standard InChI is InChI=1S/C22H31N5O/c28-22(23-19-11-4-5-12-19)21-17-27(25-24-21)20-13-7-15-26(16-20)14-6-10-18-8-2-1-3-9-18/h1-3,8-9,17,19-20H,4-7,10-16H2,(H,23,28)/t20-/m1/s1. The number of nitrogens with zero attached hydrogens (tertiary/aromatic N) is 4. The summed E-state index contributed by atoms with van der Waals surface area (Å²) in [6.07, 6.45) is 11.0.